The molecule has 2 aromatic rings. The van der Waals surface area contributed by atoms with Crippen molar-refractivity contribution in [3.8, 4) is 5.69 Å². The van der Waals surface area contributed by atoms with Gasteiger partial charge in [0.15, 0.2) is 5.96 Å². The van der Waals surface area contributed by atoms with E-state index in [0.29, 0.717) is 25.6 Å². The van der Waals surface area contributed by atoms with Gasteiger partial charge in [-0.05, 0) is 57.7 Å². The highest BCUT2D eigenvalue weighted by Gasteiger charge is 2.22. The van der Waals surface area contributed by atoms with E-state index in [1.54, 1.807) is 0 Å². The van der Waals surface area contributed by atoms with Crippen LogP contribution in [-0.2, 0) is 11.3 Å². The third kappa shape index (κ3) is 6.34. The summed E-state index contributed by atoms with van der Waals surface area (Å²) in [6, 6.07) is 10.7. The van der Waals surface area contributed by atoms with Crippen LogP contribution in [0.2, 0.25) is 0 Å². The third-order valence-corrected chi connectivity index (χ3v) is 4.80. The first-order valence-electron chi connectivity index (χ1n) is 10.5. The summed E-state index contributed by atoms with van der Waals surface area (Å²) in [7, 11) is 0. The lowest BCUT2D eigenvalue weighted by atomic mass is 10.2. The first-order chi connectivity index (χ1) is 14.1. The average Bonchev–Trinajstić information content (AvgIpc) is 3.45. The Morgan fingerprint density at radius 3 is 2.72 bits per heavy atom. The topological polar surface area (TPSA) is 83.3 Å². The number of nitrogens with one attached hydrogen (secondary N) is 3. The fourth-order valence-corrected chi connectivity index (χ4v) is 3.21. The summed E-state index contributed by atoms with van der Waals surface area (Å²) in [6.45, 7) is 8.15. The highest BCUT2D eigenvalue weighted by molar-refractivity contribution is 5.80. The molecule has 3 N–H and O–H groups in total. The Hall–Kier alpha value is -2.83. The van der Waals surface area contributed by atoms with Gasteiger partial charge in [-0.1, -0.05) is 18.2 Å². The molecule has 1 aliphatic carbocycles. The first kappa shape index (κ1) is 20.9. The summed E-state index contributed by atoms with van der Waals surface area (Å²) < 4.78 is 1.97. The average molecular weight is 397 g/mol. The lowest BCUT2D eigenvalue weighted by molar-refractivity contribution is -0.121. The Morgan fingerprint density at radius 2 is 2.03 bits per heavy atom. The number of guanidine groups is 1. The molecular weight excluding hydrogens is 364 g/mol. The molecule has 7 nitrogen and oxygen atoms in total. The van der Waals surface area contributed by atoms with Gasteiger partial charge in [0, 0.05) is 31.2 Å². The van der Waals surface area contributed by atoms with Gasteiger partial charge in [0.1, 0.15) is 0 Å². The van der Waals surface area contributed by atoms with Gasteiger partial charge in [-0.3, -0.25) is 4.79 Å². The van der Waals surface area contributed by atoms with E-state index in [4.69, 9.17) is 4.99 Å². The Bertz CT molecular complexity index is 853. The molecule has 1 amide bonds. The van der Waals surface area contributed by atoms with E-state index >= 15 is 0 Å². The number of rotatable bonds is 9. The maximum Gasteiger partial charge on any atom is 0.220 e. The zero-order valence-corrected chi connectivity index (χ0v) is 17.7. The van der Waals surface area contributed by atoms with E-state index in [0.717, 1.165) is 54.4 Å². The molecule has 0 radical (unpaired) electrons. The van der Waals surface area contributed by atoms with Crippen molar-refractivity contribution in [2.75, 3.05) is 13.1 Å². The number of amides is 1. The van der Waals surface area contributed by atoms with Crippen molar-refractivity contribution in [2.24, 2.45) is 4.99 Å². The highest BCUT2D eigenvalue weighted by Crippen LogP contribution is 2.19. The second-order valence-corrected chi connectivity index (χ2v) is 7.53. The minimum absolute atomic E-state index is 0.148. The molecule has 29 heavy (non-hydrogen) atoms. The number of para-hydroxylation sites is 1. The van der Waals surface area contributed by atoms with Crippen molar-refractivity contribution >= 4 is 11.9 Å². The number of nitrogens with zero attached hydrogens (tertiary/aromatic N) is 3. The predicted molar refractivity (Wildman–Crippen MR) is 116 cm³/mol. The smallest absolute Gasteiger partial charge is 0.220 e. The number of aryl methyl sites for hydroxylation is 2. The lowest BCUT2D eigenvalue weighted by Crippen LogP contribution is -2.38. The van der Waals surface area contributed by atoms with Crippen LogP contribution < -0.4 is 16.0 Å². The minimum atomic E-state index is 0.148. The van der Waals surface area contributed by atoms with E-state index < -0.39 is 0 Å². The van der Waals surface area contributed by atoms with E-state index in [1.165, 1.54) is 0 Å². The molecule has 1 aromatic heterocycles. The van der Waals surface area contributed by atoms with Crippen LogP contribution in [0, 0.1) is 13.8 Å². The molecule has 3 rings (SSSR count). The molecule has 0 unspecified atom stereocenters. The molecular formula is C22H32N6O. The van der Waals surface area contributed by atoms with Gasteiger partial charge >= 0.3 is 0 Å². The number of aromatic nitrogens is 2. The summed E-state index contributed by atoms with van der Waals surface area (Å²) >= 11 is 0. The summed E-state index contributed by atoms with van der Waals surface area (Å²) in [5.41, 5.74) is 4.27. The predicted octanol–water partition coefficient (Wildman–Crippen LogP) is 2.60. The number of aliphatic imine (C=N–C) groups is 1. The van der Waals surface area contributed by atoms with Crippen LogP contribution >= 0.6 is 0 Å². The standard InChI is InChI=1S/C22H32N6O/c1-4-23-22(24-13-7-10-21(29)26-19-11-12-19)25-15-18-8-5-6-9-20(18)28-17(3)14-16(2)27-28/h5-6,8-9,14,19H,4,7,10-13,15H2,1-3H3,(H,26,29)(H2,23,24,25). The zero-order chi connectivity index (χ0) is 20.6. The van der Waals surface area contributed by atoms with Gasteiger partial charge in [0.25, 0.3) is 0 Å². The fraction of sp³-hybridized carbons (Fsp3) is 0.500. The second-order valence-electron chi connectivity index (χ2n) is 7.53. The molecule has 1 saturated carbocycles. The number of carbonyl (C=O) groups is 1. The maximum atomic E-state index is 11.8. The van der Waals surface area contributed by atoms with Gasteiger partial charge < -0.3 is 16.0 Å². The minimum Gasteiger partial charge on any atom is -0.357 e. The Labute approximate surface area is 173 Å². The Balaban J connectivity index is 1.58. The summed E-state index contributed by atoms with van der Waals surface area (Å²) in [6.07, 6.45) is 3.58. The summed E-state index contributed by atoms with van der Waals surface area (Å²) in [5, 5.41) is 14.2. The maximum absolute atomic E-state index is 11.8. The van der Waals surface area contributed by atoms with E-state index in [-0.39, 0.29) is 5.91 Å². The fourth-order valence-electron chi connectivity index (χ4n) is 3.21. The number of carbonyl (C=O) groups excluding carboxylic acids is 1. The summed E-state index contributed by atoms with van der Waals surface area (Å²) in [4.78, 5) is 16.5. The molecule has 1 heterocycles. The van der Waals surface area contributed by atoms with Crippen LogP contribution in [0.3, 0.4) is 0 Å². The van der Waals surface area contributed by atoms with Crippen LogP contribution in [0.5, 0.6) is 0 Å². The van der Waals surface area contributed by atoms with Gasteiger partial charge in [0.05, 0.1) is 17.9 Å². The number of hydrogen-bond acceptors (Lipinski definition) is 3. The van der Waals surface area contributed by atoms with Crippen molar-refractivity contribution in [3.05, 3.63) is 47.3 Å². The monoisotopic (exact) mass is 396 g/mol. The SMILES string of the molecule is CCNC(=NCc1ccccc1-n1nc(C)cc1C)NCCCC(=O)NC1CC1. The van der Waals surface area contributed by atoms with Crippen LogP contribution in [0.25, 0.3) is 5.69 Å². The highest BCUT2D eigenvalue weighted by atomic mass is 16.1. The third-order valence-electron chi connectivity index (χ3n) is 4.80. The molecule has 0 saturated heterocycles. The van der Waals surface area contributed by atoms with Gasteiger partial charge in [-0.15, -0.1) is 0 Å². The molecule has 1 fully saturated rings. The quantitative estimate of drug-likeness (QED) is 0.346. The number of hydrogen-bond donors (Lipinski definition) is 3. The molecule has 1 aromatic carbocycles. The molecule has 1 aliphatic rings. The Morgan fingerprint density at radius 1 is 1.24 bits per heavy atom. The first-order valence-corrected chi connectivity index (χ1v) is 10.5. The van der Waals surface area contributed by atoms with Gasteiger partial charge in [-0.25, -0.2) is 9.67 Å². The van der Waals surface area contributed by atoms with E-state index in [2.05, 4.69) is 46.2 Å². The molecule has 0 aliphatic heterocycles. The van der Waals surface area contributed by atoms with Gasteiger partial charge in [-0.2, -0.15) is 5.10 Å². The van der Waals surface area contributed by atoms with Crippen LogP contribution in [0.4, 0.5) is 0 Å². The number of benzene rings is 1. The van der Waals surface area contributed by atoms with Crippen LogP contribution in [0.15, 0.2) is 35.3 Å². The van der Waals surface area contributed by atoms with Crippen molar-refractivity contribution in [3.63, 3.8) is 0 Å². The van der Waals surface area contributed by atoms with Crippen molar-refractivity contribution < 1.29 is 4.79 Å². The molecule has 7 heteroatoms. The van der Waals surface area contributed by atoms with Crippen LogP contribution in [-0.4, -0.2) is 40.8 Å². The summed E-state index contributed by atoms with van der Waals surface area (Å²) in [5.74, 6) is 0.910. The van der Waals surface area contributed by atoms with Crippen LogP contribution in [0.1, 0.15) is 49.6 Å². The normalized spacial score (nSPS) is 14.0. The Kier molecular flexibility index (Phi) is 7.27. The lowest BCUT2D eigenvalue weighted by Gasteiger charge is -2.13. The molecule has 156 valence electrons. The molecule has 0 bridgehead atoms. The molecule has 0 atom stereocenters. The van der Waals surface area contributed by atoms with Crippen molar-refractivity contribution in [1.29, 1.82) is 0 Å². The van der Waals surface area contributed by atoms with E-state index in [1.807, 2.05) is 30.7 Å². The second kappa shape index (κ2) is 10.1. The van der Waals surface area contributed by atoms with Crippen molar-refractivity contribution in [2.45, 2.75) is 59.0 Å². The van der Waals surface area contributed by atoms with Gasteiger partial charge in [0.2, 0.25) is 5.91 Å². The molecule has 0 spiro atoms. The van der Waals surface area contributed by atoms with Crippen molar-refractivity contribution in [1.82, 2.24) is 25.7 Å². The largest absolute Gasteiger partial charge is 0.357 e. The zero-order valence-electron chi connectivity index (χ0n) is 17.7. The van der Waals surface area contributed by atoms with E-state index in [9.17, 15) is 4.79 Å².